The number of hydrogen-bond acceptors (Lipinski definition) is 2. The highest BCUT2D eigenvalue weighted by atomic mass is 15.3. The van der Waals surface area contributed by atoms with Gasteiger partial charge in [0.25, 0.3) is 0 Å². The van der Waals surface area contributed by atoms with Gasteiger partial charge in [-0.15, -0.1) is 0 Å². The van der Waals surface area contributed by atoms with Crippen LogP contribution in [0.2, 0.25) is 0 Å². The van der Waals surface area contributed by atoms with Crippen LogP contribution in [-0.2, 0) is 0 Å². The van der Waals surface area contributed by atoms with Crippen LogP contribution in [0, 0.1) is 0 Å². The minimum atomic E-state index is 0.246. The van der Waals surface area contributed by atoms with Crippen LogP contribution in [0.15, 0.2) is 61.9 Å². The van der Waals surface area contributed by atoms with Gasteiger partial charge in [-0.25, -0.2) is 0 Å². The molecule has 1 unspecified atom stereocenters. The summed E-state index contributed by atoms with van der Waals surface area (Å²) in [6.45, 7) is 13.2. The van der Waals surface area contributed by atoms with Crippen molar-refractivity contribution in [3.63, 3.8) is 0 Å². The molecule has 0 aromatic rings. The van der Waals surface area contributed by atoms with Crippen molar-refractivity contribution in [1.29, 1.82) is 0 Å². The monoisotopic (exact) mass is 202 g/mol. The molecule has 15 heavy (non-hydrogen) atoms. The third-order valence-electron chi connectivity index (χ3n) is 2.31. The van der Waals surface area contributed by atoms with Crippen LogP contribution in [0.3, 0.4) is 0 Å². The predicted molar refractivity (Wildman–Crippen MR) is 66.3 cm³/mol. The lowest BCUT2D eigenvalue weighted by Crippen LogP contribution is -2.29. The number of hydrogen-bond donors (Lipinski definition) is 1. The molecule has 0 saturated carbocycles. The van der Waals surface area contributed by atoms with Crippen molar-refractivity contribution < 1.29 is 0 Å². The van der Waals surface area contributed by atoms with Crippen LogP contribution in [0.4, 0.5) is 0 Å². The summed E-state index contributed by atoms with van der Waals surface area (Å²) in [4.78, 5) is 2.20. The molecule has 1 fully saturated rings. The van der Waals surface area contributed by atoms with Gasteiger partial charge in [0, 0.05) is 19.3 Å². The van der Waals surface area contributed by atoms with Gasteiger partial charge in [-0.3, -0.25) is 5.32 Å². The zero-order valence-electron chi connectivity index (χ0n) is 9.02. The molecule has 80 valence electrons. The van der Waals surface area contributed by atoms with Gasteiger partial charge >= 0.3 is 0 Å². The van der Waals surface area contributed by atoms with E-state index in [2.05, 4.69) is 36.2 Å². The van der Waals surface area contributed by atoms with Crippen molar-refractivity contribution in [2.24, 2.45) is 0 Å². The fourth-order valence-corrected chi connectivity index (χ4v) is 1.49. The Morgan fingerprint density at radius 3 is 2.73 bits per heavy atom. The highest BCUT2D eigenvalue weighted by molar-refractivity contribution is 5.32. The summed E-state index contributed by atoms with van der Waals surface area (Å²) < 4.78 is 0. The summed E-state index contributed by atoms with van der Waals surface area (Å²) in [5, 5.41) is 3.32. The second-order valence-electron chi connectivity index (χ2n) is 3.29. The van der Waals surface area contributed by atoms with Crippen LogP contribution in [0.25, 0.3) is 0 Å². The maximum absolute atomic E-state index is 3.79. The molecule has 1 saturated heterocycles. The van der Waals surface area contributed by atoms with Crippen molar-refractivity contribution in [3.05, 3.63) is 61.9 Å². The van der Waals surface area contributed by atoms with E-state index in [0.717, 1.165) is 18.7 Å². The Kier molecular flexibility index (Phi) is 4.64. The molecule has 0 aliphatic carbocycles. The molecule has 2 nitrogen and oxygen atoms in total. The molecule has 1 rings (SSSR count). The van der Waals surface area contributed by atoms with Gasteiger partial charge in [0.15, 0.2) is 0 Å². The van der Waals surface area contributed by atoms with Gasteiger partial charge in [0.05, 0.1) is 6.17 Å². The van der Waals surface area contributed by atoms with Gasteiger partial charge in [-0.05, 0) is 11.6 Å². The number of nitrogens with one attached hydrogen (secondary N) is 1. The van der Waals surface area contributed by atoms with Crippen LogP contribution < -0.4 is 5.32 Å². The van der Waals surface area contributed by atoms with Crippen molar-refractivity contribution >= 4 is 0 Å². The van der Waals surface area contributed by atoms with E-state index < -0.39 is 0 Å². The molecule has 1 N–H and O–H groups in total. The predicted octanol–water partition coefficient (Wildman–Crippen LogP) is 2.22. The number of nitrogens with zero attached hydrogens (tertiary/aromatic N) is 1. The Morgan fingerprint density at radius 1 is 1.33 bits per heavy atom. The van der Waals surface area contributed by atoms with E-state index >= 15 is 0 Å². The molecule has 1 heterocycles. The first-order valence-corrected chi connectivity index (χ1v) is 5.07. The molecule has 0 aromatic heterocycles. The fourth-order valence-electron chi connectivity index (χ4n) is 1.49. The largest absolute Gasteiger partial charge is 0.357 e. The smallest absolute Gasteiger partial charge is 0.0980 e. The molecular weight excluding hydrogens is 184 g/mol. The molecule has 1 aliphatic rings. The average Bonchev–Trinajstić information content (AvgIpc) is 2.71. The molecule has 0 spiro atoms. The molecule has 0 radical (unpaired) electrons. The van der Waals surface area contributed by atoms with Crippen molar-refractivity contribution in [2.75, 3.05) is 13.1 Å². The van der Waals surface area contributed by atoms with Gasteiger partial charge < -0.3 is 4.90 Å². The number of allylic oxidation sites excluding steroid dienone is 5. The lowest BCUT2D eigenvalue weighted by atomic mass is 10.2. The van der Waals surface area contributed by atoms with E-state index in [1.54, 1.807) is 6.08 Å². The Hall–Kier alpha value is -1.54. The summed E-state index contributed by atoms with van der Waals surface area (Å²) in [6, 6.07) is 0. The molecule has 1 atom stereocenters. The molecule has 0 bridgehead atoms. The van der Waals surface area contributed by atoms with E-state index in [-0.39, 0.29) is 6.17 Å². The van der Waals surface area contributed by atoms with Gasteiger partial charge in [0.1, 0.15) is 0 Å². The quantitative estimate of drug-likeness (QED) is 0.543. The van der Waals surface area contributed by atoms with Crippen molar-refractivity contribution in [1.82, 2.24) is 10.2 Å². The summed E-state index contributed by atoms with van der Waals surface area (Å²) in [5.74, 6) is 0. The Bertz CT molecular complexity index is 300. The maximum Gasteiger partial charge on any atom is 0.0980 e. The van der Waals surface area contributed by atoms with E-state index in [4.69, 9.17) is 0 Å². The van der Waals surface area contributed by atoms with E-state index in [9.17, 15) is 0 Å². The zero-order valence-corrected chi connectivity index (χ0v) is 9.02. The van der Waals surface area contributed by atoms with Crippen LogP contribution in [0.1, 0.15) is 0 Å². The molecule has 2 heteroatoms. The first-order chi connectivity index (χ1) is 7.31. The molecule has 0 amide bonds. The lowest BCUT2D eigenvalue weighted by Gasteiger charge is -2.18. The summed E-state index contributed by atoms with van der Waals surface area (Å²) in [6.07, 6.45) is 11.7. The van der Waals surface area contributed by atoms with E-state index in [1.165, 1.54) is 0 Å². The van der Waals surface area contributed by atoms with Crippen LogP contribution >= 0.6 is 0 Å². The second-order valence-corrected chi connectivity index (χ2v) is 3.29. The third kappa shape index (κ3) is 3.26. The summed E-state index contributed by atoms with van der Waals surface area (Å²) in [7, 11) is 0. The lowest BCUT2D eigenvalue weighted by molar-refractivity contribution is 0.387. The van der Waals surface area contributed by atoms with Gasteiger partial charge in [-0.1, -0.05) is 44.0 Å². The average molecular weight is 202 g/mol. The van der Waals surface area contributed by atoms with Crippen LogP contribution in [-0.4, -0.2) is 24.2 Å². The second kappa shape index (κ2) is 6.04. The minimum Gasteiger partial charge on any atom is -0.357 e. The zero-order chi connectivity index (χ0) is 11.1. The fraction of sp³-hybridized carbons (Fsp3) is 0.231. The highest BCUT2D eigenvalue weighted by Gasteiger charge is 2.16. The first kappa shape index (κ1) is 11.5. The van der Waals surface area contributed by atoms with Gasteiger partial charge in [-0.2, -0.15) is 0 Å². The normalized spacial score (nSPS) is 22.0. The summed E-state index contributed by atoms with van der Waals surface area (Å²) in [5.41, 5.74) is 1.06. The highest BCUT2D eigenvalue weighted by Crippen LogP contribution is 2.07. The van der Waals surface area contributed by atoms with E-state index in [0.29, 0.717) is 0 Å². The SMILES string of the molecule is C=CC=C(C=C)C=CN1CCNC1C=C. The Labute approximate surface area is 92.0 Å². The molecule has 1 aliphatic heterocycles. The topological polar surface area (TPSA) is 15.3 Å². The molecule has 0 aromatic carbocycles. The van der Waals surface area contributed by atoms with E-state index in [1.807, 2.05) is 24.3 Å². The Balaban J connectivity index is 2.63. The van der Waals surface area contributed by atoms with Crippen LogP contribution in [0.5, 0.6) is 0 Å². The number of rotatable bonds is 5. The first-order valence-electron chi connectivity index (χ1n) is 5.07. The van der Waals surface area contributed by atoms with Crippen molar-refractivity contribution in [3.8, 4) is 0 Å². The molecular formula is C13H18N2. The Morgan fingerprint density at radius 2 is 2.13 bits per heavy atom. The standard InChI is InChI=1S/C13H18N2/c1-4-7-12(5-2)8-10-15-11-9-14-13(15)6-3/h4-8,10,13-14H,1-3,9,11H2. The maximum atomic E-state index is 3.79. The summed E-state index contributed by atoms with van der Waals surface area (Å²) >= 11 is 0. The minimum absolute atomic E-state index is 0.246. The van der Waals surface area contributed by atoms with Gasteiger partial charge in [0.2, 0.25) is 0 Å². The van der Waals surface area contributed by atoms with Crippen molar-refractivity contribution in [2.45, 2.75) is 6.17 Å². The third-order valence-corrected chi connectivity index (χ3v) is 2.31.